The number of thioether (sulfide) groups is 1. The Morgan fingerprint density at radius 1 is 1.14 bits per heavy atom. The van der Waals surface area contributed by atoms with Gasteiger partial charge in [-0.1, -0.05) is 11.6 Å². The molecule has 1 saturated heterocycles. The molecule has 8 nitrogen and oxygen atoms in total. The maximum Gasteiger partial charge on any atom is 0.267 e. The van der Waals surface area contributed by atoms with Crippen LogP contribution in [0.1, 0.15) is 48.2 Å². The summed E-state index contributed by atoms with van der Waals surface area (Å²) in [4.78, 5) is 21.7. The molecule has 3 aliphatic rings. The first-order valence-electron chi connectivity index (χ1n) is 10.7. The van der Waals surface area contributed by atoms with Crippen LogP contribution < -0.4 is 5.56 Å². The number of aromatic nitrogens is 4. The highest BCUT2D eigenvalue weighted by molar-refractivity contribution is 7.98. The molecule has 2 aliphatic heterocycles. The van der Waals surface area contributed by atoms with E-state index in [-0.39, 0.29) is 5.56 Å². The molecule has 156 valence electrons. The molecule has 29 heavy (non-hydrogen) atoms. The maximum absolute atomic E-state index is 12.3. The number of rotatable bonds is 6. The van der Waals surface area contributed by atoms with Crippen molar-refractivity contribution < 1.29 is 4.52 Å². The van der Waals surface area contributed by atoms with Crippen LogP contribution in [-0.2, 0) is 25.3 Å². The Hall–Kier alpha value is -1.71. The molecule has 1 aliphatic carbocycles. The Morgan fingerprint density at radius 3 is 2.76 bits per heavy atom. The van der Waals surface area contributed by atoms with E-state index in [0.29, 0.717) is 12.5 Å². The third-order valence-electron chi connectivity index (χ3n) is 6.30. The monoisotopic (exact) mass is 416 g/mol. The minimum atomic E-state index is 0.0317. The number of hydrogen-bond donors (Lipinski definition) is 0. The van der Waals surface area contributed by atoms with Crippen molar-refractivity contribution in [1.82, 2.24) is 29.7 Å². The lowest BCUT2D eigenvalue weighted by Crippen LogP contribution is -2.47. The molecule has 1 saturated carbocycles. The summed E-state index contributed by atoms with van der Waals surface area (Å²) in [6, 6.07) is 1.79. The third-order valence-corrected chi connectivity index (χ3v) is 7.31. The highest BCUT2D eigenvalue weighted by Gasteiger charge is 2.26. The van der Waals surface area contributed by atoms with Crippen molar-refractivity contribution in [2.24, 2.45) is 0 Å². The van der Waals surface area contributed by atoms with Crippen LogP contribution in [0.5, 0.6) is 0 Å². The molecule has 4 heterocycles. The van der Waals surface area contributed by atoms with Crippen LogP contribution in [0, 0.1) is 0 Å². The van der Waals surface area contributed by atoms with Gasteiger partial charge in [-0.25, -0.2) is 4.68 Å². The molecule has 9 heteroatoms. The highest BCUT2D eigenvalue weighted by Crippen LogP contribution is 2.35. The zero-order chi connectivity index (χ0) is 19.6. The van der Waals surface area contributed by atoms with Crippen molar-refractivity contribution in [3.8, 4) is 0 Å². The lowest BCUT2D eigenvalue weighted by atomic mass is 9.85. The molecular formula is C20H28N6O2S. The van der Waals surface area contributed by atoms with Gasteiger partial charge in [0.15, 0.2) is 5.82 Å². The summed E-state index contributed by atoms with van der Waals surface area (Å²) in [5.74, 6) is 4.15. The quantitative estimate of drug-likeness (QED) is 0.701. The molecule has 2 aromatic rings. The van der Waals surface area contributed by atoms with Gasteiger partial charge in [0.05, 0.1) is 18.8 Å². The van der Waals surface area contributed by atoms with E-state index in [0.717, 1.165) is 80.2 Å². The molecule has 0 bridgehead atoms. The first kappa shape index (κ1) is 19.3. The van der Waals surface area contributed by atoms with Gasteiger partial charge in [0.2, 0.25) is 5.89 Å². The second-order valence-corrected chi connectivity index (χ2v) is 9.38. The van der Waals surface area contributed by atoms with Crippen LogP contribution >= 0.6 is 11.8 Å². The maximum atomic E-state index is 12.3. The van der Waals surface area contributed by atoms with E-state index in [1.165, 1.54) is 19.3 Å². The van der Waals surface area contributed by atoms with Gasteiger partial charge in [0.1, 0.15) is 0 Å². The van der Waals surface area contributed by atoms with E-state index >= 15 is 0 Å². The fourth-order valence-corrected chi connectivity index (χ4v) is 5.12. The van der Waals surface area contributed by atoms with Crippen molar-refractivity contribution in [1.29, 1.82) is 0 Å². The predicted molar refractivity (Wildman–Crippen MR) is 111 cm³/mol. The predicted octanol–water partition coefficient (Wildman–Crippen LogP) is 1.50. The average molecular weight is 417 g/mol. The molecule has 0 N–H and O–H groups in total. The Bertz CT molecular complexity index is 901. The van der Waals surface area contributed by atoms with Gasteiger partial charge in [-0.05, 0) is 24.2 Å². The first-order valence-corrected chi connectivity index (χ1v) is 11.8. The molecule has 0 atom stereocenters. The van der Waals surface area contributed by atoms with Crippen molar-refractivity contribution in [3.63, 3.8) is 0 Å². The van der Waals surface area contributed by atoms with Crippen LogP contribution in [0.15, 0.2) is 15.4 Å². The standard InChI is InChI=1S/C20H28N6O2S/c27-19-12-16-14-29-11-4-17(16)22-26(19)10-9-24-5-7-25(8-6-24)13-18-21-20(28-23-18)15-2-1-3-15/h12,15H,1-11,13-14H2. The Kier molecular flexibility index (Phi) is 5.69. The van der Waals surface area contributed by atoms with Crippen molar-refractivity contribution in [2.45, 2.75) is 50.4 Å². The van der Waals surface area contributed by atoms with Crippen molar-refractivity contribution in [3.05, 3.63) is 39.4 Å². The Balaban J connectivity index is 1.10. The van der Waals surface area contributed by atoms with Gasteiger partial charge in [-0.15, -0.1) is 0 Å². The topological polar surface area (TPSA) is 80.3 Å². The van der Waals surface area contributed by atoms with E-state index in [9.17, 15) is 4.79 Å². The number of nitrogens with zero attached hydrogens (tertiary/aromatic N) is 6. The van der Waals surface area contributed by atoms with Gasteiger partial charge < -0.3 is 4.52 Å². The van der Waals surface area contributed by atoms with Gasteiger partial charge in [0.25, 0.3) is 5.56 Å². The van der Waals surface area contributed by atoms with E-state index in [1.54, 1.807) is 10.7 Å². The molecule has 0 unspecified atom stereocenters. The SMILES string of the molecule is O=c1cc2c(nn1CCN1CCN(Cc3noc(C4CCC4)n3)CC1)CCSC2. The Morgan fingerprint density at radius 2 is 1.97 bits per heavy atom. The number of fused-ring (bicyclic) bond motifs is 1. The zero-order valence-corrected chi connectivity index (χ0v) is 17.6. The molecule has 2 aromatic heterocycles. The van der Waals surface area contributed by atoms with Crippen LogP contribution in [0.2, 0.25) is 0 Å². The smallest absolute Gasteiger partial charge is 0.267 e. The molecular weight excluding hydrogens is 388 g/mol. The van der Waals surface area contributed by atoms with Crippen LogP contribution in [-0.4, -0.2) is 68.2 Å². The van der Waals surface area contributed by atoms with E-state index in [2.05, 4.69) is 25.0 Å². The summed E-state index contributed by atoms with van der Waals surface area (Å²) in [7, 11) is 0. The second kappa shape index (κ2) is 8.57. The fourth-order valence-electron chi connectivity index (χ4n) is 4.17. The lowest BCUT2D eigenvalue weighted by molar-refractivity contribution is 0.119. The average Bonchev–Trinajstić information content (AvgIpc) is 3.14. The minimum absolute atomic E-state index is 0.0317. The van der Waals surface area contributed by atoms with Crippen LogP contribution in [0.25, 0.3) is 0 Å². The van der Waals surface area contributed by atoms with E-state index in [4.69, 9.17) is 4.52 Å². The number of aryl methyl sites for hydroxylation is 1. The summed E-state index contributed by atoms with van der Waals surface area (Å²) in [6.07, 6.45) is 4.61. The van der Waals surface area contributed by atoms with Crippen LogP contribution in [0.4, 0.5) is 0 Å². The molecule has 5 rings (SSSR count). The summed E-state index contributed by atoms with van der Waals surface area (Å²) in [6.45, 7) is 6.23. The summed E-state index contributed by atoms with van der Waals surface area (Å²) in [5, 5.41) is 8.79. The minimum Gasteiger partial charge on any atom is -0.339 e. The number of hydrogen-bond acceptors (Lipinski definition) is 8. The fraction of sp³-hybridized carbons (Fsp3) is 0.700. The normalized spacial score (nSPS) is 21.1. The van der Waals surface area contributed by atoms with Gasteiger partial charge in [-0.3, -0.25) is 14.6 Å². The van der Waals surface area contributed by atoms with E-state index < -0.39 is 0 Å². The summed E-state index contributed by atoms with van der Waals surface area (Å²) in [5.41, 5.74) is 2.26. The Labute approximate surface area is 174 Å². The summed E-state index contributed by atoms with van der Waals surface area (Å²) < 4.78 is 7.09. The molecule has 0 radical (unpaired) electrons. The van der Waals surface area contributed by atoms with Crippen molar-refractivity contribution >= 4 is 11.8 Å². The second-order valence-electron chi connectivity index (χ2n) is 8.27. The largest absolute Gasteiger partial charge is 0.339 e. The lowest BCUT2D eigenvalue weighted by Gasteiger charge is -2.34. The molecule has 0 spiro atoms. The zero-order valence-electron chi connectivity index (χ0n) is 16.8. The molecule has 0 aromatic carbocycles. The third kappa shape index (κ3) is 4.41. The van der Waals surface area contributed by atoms with E-state index in [1.807, 2.05) is 11.8 Å². The van der Waals surface area contributed by atoms with Gasteiger partial charge >= 0.3 is 0 Å². The van der Waals surface area contributed by atoms with Crippen molar-refractivity contribution in [2.75, 3.05) is 38.5 Å². The highest BCUT2D eigenvalue weighted by atomic mass is 32.2. The molecule has 2 fully saturated rings. The van der Waals surface area contributed by atoms with Gasteiger partial charge in [-0.2, -0.15) is 21.8 Å². The van der Waals surface area contributed by atoms with Crippen LogP contribution in [0.3, 0.4) is 0 Å². The molecule has 0 amide bonds. The number of piperazine rings is 1. The first-order chi connectivity index (χ1) is 14.2. The van der Waals surface area contributed by atoms with Gasteiger partial charge in [0, 0.05) is 56.9 Å². The summed E-state index contributed by atoms with van der Waals surface area (Å²) >= 11 is 1.88.